The Kier molecular flexibility index (Phi) is 7.47. The number of piperidine rings is 1. The van der Waals surface area contributed by atoms with Crippen LogP contribution in [0.4, 0.5) is 22.0 Å². The Balaban J connectivity index is 1.29. The molecule has 0 aromatic carbocycles. The van der Waals surface area contributed by atoms with Crippen molar-refractivity contribution in [1.82, 2.24) is 29.6 Å². The normalized spacial score (nSPS) is 29.6. The smallest absolute Gasteiger partial charge is 0.380 e. The number of imidazole rings is 1. The Morgan fingerprint density at radius 1 is 1.15 bits per heavy atom. The molecule has 13 heteroatoms. The van der Waals surface area contributed by atoms with Crippen molar-refractivity contribution in [2.24, 2.45) is 11.3 Å². The molecule has 5 heterocycles. The van der Waals surface area contributed by atoms with Gasteiger partial charge < -0.3 is 4.74 Å². The summed E-state index contributed by atoms with van der Waals surface area (Å²) in [5, 5.41) is 0. The number of hydrazine groups is 1. The molecule has 222 valence electrons. The van der Waals surface area contributed by atoms with Gasteiger partial charge in [0.25, 0.3) is 0 Å². The predicted octanol–water partition coefficient (Wildman–Crippen LogP) is 3.46. The van der Waals surface area contributed by atoms with Crippen LogP contribution in [0.5, 0.6) is 0 Å². The van der Waals surface area contributed by atoms with Gasteiger partial charge in [-0.2, -0.15) is 13.2 Å². The van der Waals surface area contributed by atoms with E-state index in [-0.39, 0.29) is 37.2 Å². The predicted molar refractivity (Wildman–Crippen MR) is 138 cm³/mol. The number of likely N-dealkylation sites (tertiary alicyclic amines) is 1. The summed E-state index contributed by atoms with van der Waals surface area (Å²) < 4.78 is 80.2. The number of halogens is 5. The lowest BCUT2D eigenvalue weighted by molar-refractivity contribution is -0.202. The number of hydrogen-bond acceptors (Lipinski definition) is 6. The maximum absolute atomic E-state index is 16.0. The van der Waals surface area contributed by atoms with E-state index >= 15 is 4.39 Å². The summed E-state index contributed by atoms with van der Waals surface area (Å²) in [5.74, 6) is -0.0724. The SMILES string of the molecule is CN1CNNC1[C@H](F)C1(C2CCCC(n3cc4c(C(F)(F)F)cc(CN5CCC(F)CC5)cn4c3=O)C2)COC1. The largest absolute Gasteiger partial charge is 0.418 e. The van der Waals surface area contributed by atoms with Gasteiger partial charge in [0, 0.05) is 38.1 Å². The topological polar surface area (TPSA) is 66.2 Å². The lowest BCUT2D eigenvalue weighted by Crippen LogP contribution is -2.62. The fraction of sp³-hybridized carbons (Fsp3) is 0.741. The highest BCUT2D eigenvalue weighted by Gasteiger charge is 2.56. The van der Waals surface area contributed by atoms with Crippen LogP contribution in [0.1, 0.15) is 55.7 Å². The van der Waals surface area contributed by atoms with E-state index in [2.05, 4.69) is 10.9 Å². The molecule has 8 nitrogen and oxygen atoms in total. The fourth-order valence-electron chi connectivity index (χ4n) is 7.15. The van der Waals surface area contributed by atoms with E-state index < -0.39 is 41.4 Å². The third-order valence-corrected chi connectivity index (χ3v) is 9.55. The van der Waals surface area contributed by atoms with Crippen LogP contribution in [0, 0.1) is 11.3 Å². The minimum absolute atomic E-state index is 0.0724. The van der Waals surface area contributed by atoms with E-state index in [1.807, 2.05) is 16.8 Å². The molecule has 3 saturated heterocycles. The van der Waals surface area contributed by atoms with E-state index in [1.165, 1.54) is 17.0 Å². The lowest BCUT2D eigenvalue weighted by atomic mass is 9.63. The zero-order valence-electron chi connectivity index (χ0n) is 22.6. The molecule has 40 heavy (non-hydrogen) atoms. The maximum atomic E-state index is 16.0. The molecule has 2 N–H and O–H groups in total. The van der Waals surface area contributed by atoms with E-state index in [4.69, 9.17) is 4.74 Å². The number of fused-ring (bicyclic) bond motifs is 1. The second-order valence-electron chi connectivity index (χ2n) is 12.1. The van der Waals surface area contributed by atoms with Gasteiger partial charge in [-0.05, 0) is 56.7 Å². The molecular formula is C27H37F5N6O2. The molecule has 4 fully saturated rings. The van der Waals surface area contributed by atoms with Gasteiger partial charge in [-0.25, -0.2) is 24.4 Å². The van der Waals surface area contributed by atoms with Crippen LogP contribution in [0.2, 0.25) is 0 Å². The minimum atomic E-state index is -4.65. The number of ether oxygens (including phenoxy) is 1. The number of aromatic nitrogens is 2. The molecule has 2 aromatic rings. The summed E-state index contributed by atoms with van der Waals surface area (Å²) in [5.41, 5.74) is 4.07. The molecule has 3 aliphatic heterocycles. The van der Waals surface area contributed by atoms with Gasteiger partial charge in [-0.1, -0.05) is 6.42 Å². The first-order valence-electron chi connectivity index (χ1n) is 14.2. The molecule has 4 aliphatic rings. The Bertz CT molecular complexity index is 1270. The molecular weight excluding hydrogens is 535 g/mol. The lowest BCUT2D eigenvalue weighted by Gasteiger charge is -2.53. The van der Waals surface area contributed by atoms with Crippen molar-refractivity contribution in [1.29, 1.82) is 0 Å². The van der Waals surface area contributed by atoms with Crippen molar-refractivity contribution < 1.29 is 26.7 Å². The highest BCUT2D eigenvalue weighted by atomic mass is 19.4. The molecule has 0 spiro atoms. The second kappa shape index (κ2) is 10.6. The summed E-state index contributed by atoms with van der Waals surface area (Å²) in [6.45, 7) is 2.22. The number of hydrogen-bond donors (Lipinski definition) is 2. The van der Waals surface area contributed by atoms with Crippen molar-refractivity contribution in [3.8, 4) is 0 Å². The van der Waals surface area contributed by atoms with Gasteiger partial charge in [-0.15, -0.1) is 0 Å². The Labute approximate surface area is 229 Å². The first-order chi connectivity index (χ1) is 19.1. The molecule has 0 bridgehead atoms. The third-order valence-electron chi connectivity index (χ3n) is 9.55. The summed E-state index contributed by atoms with van der Waals surface area (Å²) >= 11 is 0. The van der Waals surface area contributed by atoms with Crippen LogP contribution in [-0.4, -0.2) is 77.3 Å². The summed E-state index contributed by atoms with van der Waals surface area (Å²) in [4.78, 5) is 17.4. The molecule has 4 atom stereocenters. The van der Waals surface area contributed by atoms with Crippen LogP contribution in [0.25, 0.3) is 5.52 Å². The summed E-state index contributed by atoms with van der Waals surface area (Å²) in [6, 6.07) is 0.772. The van der Waals surface area contributed by atoms with Gasteiger partial charge in [0.1, 0.15) is 18.5 Å². The molecule has 1 saturated carbocycles. The van der Waals surface area contributed by atoms with Crippen molar-refractivity contribution >= 4 is 5.52 Å². The van der Waals surface area contributed by atoms with E-state index in [9.17, 15) is 22.4 Å². The van der Waals surface area contributed by atoms with Crippen molar-refractivity contribution in [3.05, 3.63) is 40.1 Å². The second-order valence-corrected chi connectivity index (χ2v) is 12.1. The highest BCUT2D eigenvalue weighted by Crippen LogP contribution is 2.50. The quantitative estimate of drug-likeness (QED) is 0.517. The molecule has 6 rings (SSSR count). The Morgan fingerprint density at radius 2 is 1.90 bits per heavy atom. The monoisotopic (exact) mass is 572 g/mol. The van der Waals surface area contributed by atoms with Crippen LogP contribution >= 0.6 is 0 Å². The van der Waals surface area contributed by atoms with Gasteiger partial charge in [0.15, 0.2) is 0 Å². The van der Waals surface area contributed by atoms with Crippen LogP contribution in [0.3, 0.4) is 0 Å². The molecule has 1 aliphatic carbocycles. The molecule has 0 radical (unpaired) electrons. The van der Waals surface area contributed by atoms with Gasteiger partial charge in [0.05, 0.1) is 36.4 Å². The Hall–Kier alpha value is -2.06. The van der Waals surface area contributed by atoms with Gasteiger partial charge >= 0.3 is 11.9 Å². The standard InChI is InChI=1S/C27H37F5N6O2/c1-35-16-33-34-24(35)23(29)26(14-40-15-26)18-3-2-4-20(10-18)37-13-22-21(27(30,31)32)9-17(12-38(22)25(37)39)11-36-7-5-19(28)6-8-36/h9,12-13,18-20,23-24,33-34H,2-8,10-11,14-16H2,1H3/t18?,20?,23-,24?/m0/s1. The Morgan fingerprint density at radius 3 is 2.52 bits per heavy atom. The first kappa shape index (κ1) is 28.1. The van der Waals surface area contributed by atoms with E-state index in [0.29, 0.717) is 51.0 Å². The van der Waals surface area contributed by atoms with Crippen LogP contribution < -0.4 is 16.5 Å². The molecule has 3 unspecified atom stereocenters. The molecule has 0 amide bonds. The number of rotatable bonds is 6. The summed E-state index contributed by atoms with van der Waals surface area (Å²) in [7, 11) is 1.84. The fourth-order valence-corrected chi connectivity index (χ4v) is 7.15. The van der Waals surface area contributed by atoms with Crippen molar-refractivity contribution in [2.75, 3.05) is 40.0 Å². The van der Waals surface area contributed by atoms with Gasteiger partial charge in [-0.3, -0.25) is 18.8 Å². The van der Waals surface area contributed by atoms with Crippen LogP contribution in [0.15, 0.2) is 23.3 Å². The number of nitrogens with zero attached hydrogens (tertiary/aromatic N) is 4. The number of nitrogens with one attached hydrogen (secondary N) is 2. The van der Waals surface area contributed by atoms with Crippen LogP contribution in [-0.2, 0) is 17.5 Å². The van der Waals surface area contributed by atoms with E-state index in [0.717, 1.165) is 23.3 Å². The highest BCUT2D eigenvalue weighted by molar-refractivity contribution is 5.56. The minimum Gasteiger partial charge on any atom is -0.380 e. The summed E-state index contributed by atoms with van der Waals surface area (Å²) in [6.07, 6.45) is -1.08. The van der Waals surface area contributed by atoms with Gasteiger partial charge in [0.2, 0.25) is 0 Å². The number of alkyl halides is 5. The van der Waals surface area contributed by atoms with Crippen molar-refractivity contribution in [3.63, 3.8) is 0 Å². The first-order valence-corrected chi connectivity index (χ1v) is 14.2. The zero-order valence-corrected chi connectivity index (χ0v) is 22.6. The van der Waals surface area contributed by atoms with Crippen molar-refractivity contribution in [2.45, 2.75) is 75.8 Å². The van der Waals surface area contributed by atoms with E-state index in [1.54, 1.807) is 0 Å². The third kappa shape index (κ3) is 4.97. The molecule has 2 aromatic heterocycles. The number of pyridine rings is 1. The average Bonchev–Trinajstić information content (AvgIpc) is 3.47. The average molecular weight is 573 g/mol. The zero-order chi connectivity index (χ0) is 28.2. The maximum Gasteiger partial charge on any atom is 0.418 e.